The van der Waals surface area contributed by atoms with Gasteiger partial charge in [-0.05, 0) is 19.1 Å². The first-order chi connectivity index (χ1) is 7.22. The molecular weight excluding hydrogens is 217 g/mol. The van der Waals surface area contributed by atoms with Gasteiger partial charge in [-0.1, -0.05) is 11.3 Å². The molecule has 0 spiro atoms. The van der Waals surface area contributed by atoms with Gasteiger partial charge >= 0.3 is 0 Å². The maximum Gasteiger partial charge on any atom is 0.128 e. The minimum absolute atomic E-state index is 0.254. The summed E-state index contributed by atoms with van der Waals surface area (Å²) in [5.74, 6) is 0.0457. The van der Waals surface area contributed by atoms with E-state index in [1.165, 1.54) is 10.7 Å². The van der Waals surface area contributed by atoms with Crippen LogP contribution in [0.3, 0.4) is 0 Å². The monoisotopic (exact) mass is 225 g/mol. The standard InChI is InChI=1S/C10H9ClFN3/c1-7-9(12)3-2-4-10(7)15-6-8(5-11)13-14-15/h2-4,6H,5H2,1H3. The molecule has 1 aromatic carbocycles. The SMILES string of the molecule is Cc1c(F)cccc1-n1cc(CCl)nn1. The molecule has 0 saturated carbocycles. The fraction of sp³-hybridized carbons (Fsp3) is 0.200. The minimum Gasteiger partial charge on any atom is -0.220 e. The molecule has 2 aromatic rings. The third-order valence-electron chi connectivity index (χ3n) is 2.16. The van der Waals surface area contributed by atoms with Gasteiger partial charge in [-0.15, -0.1) is 16.7 Å². The van der Waals surface area contributed by atoms with Gasteiger partial charge in [0.05, 0.1) is 23.5 Å². The molecule has 0 aliphatic heterocycles. The number of nitrogens with zero attached hydrogens (tertiary/aromatic N) is 3. The molecule has 0 radical (unpaired) electrons. The highest BCUT2D eigenvalue weighted by Crippen LogP contribution is 2.16. The van der Waals surface area contributed by atoms with E-state index in [-0.39, 0.29) is 5.82 Å². The first kappa shape index (κ1) is 10.1. The highest BCUT2D eigenvalue weighted by Gasteiger charge is 2.07. The largest absolute Gasteiger partial charge is 0.220 e. The Hall–Kier alpha value is -1.42. The molecule has 0 atom stereocenters. The van der Waals surface area contributed by atoms with Crippen molar-refractivity contribution in [3.63, 3.8) is 0 Å². The highest BCUT2D eigenvalue weighted by atomic mass is 35.5. The number of rotatable bonds is 2. The van der Waals surface area contributed by atoms with Gasteiger partial charge in [0, 0.05) is 5.56 Å². The summed E-state index contributed by atoms with van der Waals surface area (Å²) in [6, 6.07) is 4.84. The summed E-state index contributed by atoms with van der Waals surface area (Å²) >= 11 is 5.61. The Bertz CT molecular complexity index is 481. The summed E-state index contributed by atoms with van der Waals surface area (Å²) in [5.41, 5.74) is 1.89. The van der Waals surface area contributed by atoms with Crippen LogP contribution in [0.25, 0.3) is 5.69 Å². The van der Waals surface area contributed by atoms with Crippen LogP contribution in [-0.4, -0.2) is 15.0 Å². The van der Waals surface area contributed by atoms with E-state index in [0.29, 0.717) is 22.8 Å². The number of alkyl halides is 1. The molecule has 0 amide bonds. The Morgan fingerprint density at radius 1 is 1.47 bits per heavy atom. The zero-order valence-corrected chi connectivity index (χ0v) is 8.87. The van der Waals surface area contributed by atoms with Gasteiger partial charge in [-0.3, -0.25) is 0 Å². The number of halogens is 2. The van der Waals surface area contributed by atoms with Crippen LogP contribution in [0.5, 0.6) is 0 Å². The van der Waals surface area contributed by atoms with Crippen LogP contribution in [0.15, 0.2) is 24.4 Å². The lowest BCUT2D eigenvalue weighted by Crippen LogP contribution is -1.99. The normalized spacial score (nSPS) is 10.6. The predicted molar refractivity (Wildman–Crippen MR) is 55.6 cm³/mol. The second kappa shape index (κ2) is 3.98. The first-order valence-corrected chi connectivity index (χ1v) is 4.98. The molecule has 0 fully saturated rings. The Balaban J connectivity index is 2.49. The van der Waals surface area contributed by atoms with Crippen molar-refractivity contribution in [1.82, 2.24) is 15.0 Å². The van der Waals surface area contributed by atoms with Crippen molar-refractivity contribution in [3.8, 4) is 5.69 Å². The molecule has 1 heterocycles. The van der Waals surface area contributed by atoms with Crippen LogP contribution >= 0.6 is 11.6 Å². The lowest BCUT2D eigenvalue weighted by molar-refractivity contribution is 0.614. The summed E-state index contributed by atoms with van der Waals surface area (Å²) < 4.78 is 14.8. The Morgan fingerprint density at radius 3 is 2.93 bits per heavy atom. The van der Waals surface area contributed by atoms with E-state index < -0.39 is 0 Å². The average Bonchev–Trinajstić information content (AvgIpc) is 2.70. The van der Waals surface area contributed by atoms with Gasteiger partial charge in [0.1, 0.15) is 5.82 Å². The van der Waals surface area contributed by atoms with Crippen LogP contribution in [0.1, 0.15) is 11.3 Å². The molecule has 0 aliphatic rings. The van der Waals surface area contributed by atoms with Crippen molar-refractivity contribution in [2.75, 3.05) is 0 Å². The highest BCUT2D eigenvalue weighted by molar-refractivity contribution is 6.16. The number of benzene rings is 1. The molecule has 0 aliphatic carbocycles. The van der Waals surface area contributed by atoms with Crippen molar-refractivity contribution in [2.24, 2.45) is 0 Å². The van der Waals surface area contributed by atoms with Crippen molar-refractivity contribution >= 4 is 11.6 Å². The maximum absolute atomic E-state index is 13.3. The summed E-state index contributed by atoms with van der Waals surface area (Å²) in [7, 11) is 0. The molecule has 1 aromatic heterocycles. The van der Waals surface area contributed by atoms with Gasteiger partial charge in [0.2, 0.25) is 0 Å². The van der Waals surface area contributed by atoms with E-state index in [1.54, 1.807) is 25.3 Å². The third kappa shape index (κ3) is 1.85. The van der Waals surface area contributed by atoms with E-state index in [4.69, 9.17) is 11.6 Å². The molecule has 3 nitrogen and oxygen atoms in total. The van der Waals surface area contributed by atoms with Crippen molar-refractivity contribution < 1.29 is 4.39 Å². The molecule has 5 heteroatoms. The second-order valence-electron chi connectivity index (χ2n) is 3.17. The van der Waals surface area contributed by atoms with E-state index in [0.717, 1.165) is 0 Å². The third-order valence-corrected chi connectivity index (χ3v) is 2.44. The van der Waals surface area contributed by atoms with Gasteiger partial charge in [0.25, 0.3) is 0 Å². The predicted octanol–water partition coefficient (Wildman–Crippen LogP) is 2.45. The summed E-state index contributed by atoms with van der Waals surface area (Å²) in [6.45, 7) is 1.70. The Labute approximate surface area is 91.5 Å². The first-order valence-electron chi connectivity index (χ1n) is 4.45. The lowest BCUT2D eigenvalue weighted by Gasteiger charge is -2.04. The molecular formula is C10H9ClFN3. The van der Waals surface area contributed by atoms with Crippen LogP contribution in [0, 0.1) is 12.7 Å². The molecule has 78 valence electrons. The Morgan fingerprint density at radius 2 is 2.27 bits per heavy atom. The maximum atomic E-state index is 13.3. The topological polar surface area (TPSA) is 30.7 Å². The molecule has 0 saturated heterocycles. The van der Waals surface area contributed by atoms with E-state index in [1.807, 2.05) is 0 Å². The van der Waals surface area contributed by atoms with Crippen molar-refractivity contribution in [1.29, 1.82) is 0 Å². The zero-order valence-electron chi connectivity index (χ0n) is 8.11. The van der Waals surface area contributed by atoms with Crippen molar-refractivity contribution in [2.45, 2.75) is 12.8 Å². The van der Waals surface area contributed by atoms with Gasteiger partial charge in [-0.2, -0.15) is 0 Å². The summed E-state index contributed by atoms with van der Waals surface area (Å²) in [4.78, 5) is 0. The van der Waals surface area contributed by atoms with Crippen molar-refractivity contribution in [3.05, 3.63) is 41.5 Å². The zero-order chi connectivity index (χ0) is 10.8. The quantitative estimate of drug-likeness (QED) is 0.735. The average molecular weight is 226 g/mol. The van der Waals surface area contributed by atoms with Crippen LogP contribution < -0.4 is 0 Å². The number of aromatic nitrogens is 3. The van der Waals surface area contributed by atoms with Gasteiger partial charge < -0.3 is 0 Å². The fourth-order valence-corrected chi connectivity index (χ4v) is 1.44. The number of hydrogen-bond acceptors (Lipinski definition) is 2. The molecule has 15 heavy (non-hydrogen) atoms. The van der Waals surface area contributed by atoms with Crippen LogP contribution in [0.4, 0.5) is 4.39 Å². The Kier molecular flexibility index (Phi) is 2.68. The van der Waals surface area contributed by atoms with Crippen LogP contribution in [-0.2, 0) is 5.88 Å². The van der Waals surface area contributed by atoms with Gasteiger partial charge in [-0.25, -0.2) is 9.07 Å². The second-order valence-corrected chi connectivity index (χ2v) is 3.44. The number of hydrogen-bond donors (Lipinski definition) is 0. The fourth-order valence-electron chi connectivity index (χ4n) is 1.32. The molecule has 0 unspecified atom stereocenters. The van der Waals surface area contributed by atoms with Gasteiger partial charge in [0.15, 0.2) is 0 Å². The van der Waals surface area contributed by atoms with E-state index >= 15 is 0 Å². The summed E-state index contributed by atoms with van der Waals surface area (Å²) in [6.07, 6.45) is 1.69. The lowest BCUT2D eigenvalue weighted by atomic mass is 10.2. The molecule has 0 N–H and O–H groups in total. The van der Waals surface area contributed by atoms with E-state index in [2.05, 4.69) is 10.3 Å². The minimum atomic E-state index is -0.254. The van der Waals surface area contributed by atoms with Crippen LogP contribution in [0.2, 0.25) is 0 Å². The summed E-state index contributed by atoms with van der Waals surface area (Å²) in [5, 5.41) is 7.72. The smallest absolute Gasteiger partial charge is 0.128 e. The molecule has 2 rings (SSSR count). The molecule has 0 bridgehead atoms. The van der Waals surface area contributed by atoms with E-state index in [9.17, 15) is 4.39 Å².